The lowest BCUT2D eigenvalue weighted by atomic mass is 10.1. The van der Waals surface area contributed by atoms with Gasteiger partial charge in [-0.1, -0.05) is 50.8 Å². The van der Waals surface area contributed by atoms with Gasteiger partial charge in [0.2, 0.25) is 0 Å². The molecule has 2 rings (SSSR count). The minimum atomic E-state index is 0.716. The van der Waals surface area contributed by atoms with E-state index in [-0.39, 0.29) is 0 Å². The van der Waals surface area contributed by atoms with Crippen LogP contribution in [0.2, 0.25) is 0 Å². The Morgan fingerprint density at radius 3 is 2.74 bits per heavy atom. The lowest BCUT2D eigenvalue weighted by molar-refractivity contribution is 0.302. The maximum atomic E-state index is 5.91. The highest BCUT2D eigenvalue weighted by Crippen LogP contribution is 2.21. The molecule has 0 aliphatic heterocycles. The Kier molecular flexibility index (Phi) is 6.22. The minimum absolute atomic E-state index is 0.716. The summed E-state index contributed by atoms with van der Waals surface area (Å²) in [5.41, 5.74) is 1.30. The Balaban J connectivity index is 1.80. The van der Waals surface area contributed by atoms with Crippen LogP contribution in [0.1, 0.15) is 57.4 Å². The van der Waals surface area contributed by atoms with Gasteiger partial charge in [-0.25, -0.2) is 0 Å². The Bertz CT molecular complexity index is 358. The van der Waals surface area contributed by atoms with Crippen LogP contribution >= 0.6 is 0 Å². The van der Waals surface area contributed by atoms with Crippen LogP contribution in [0.4, 0.5) is 0 Å². The van der Waals surface area contributed by atoms with E-state index in [1.165, 1.54) is 44.1 Å². The molecular weight excluding hydrogens is 234 g/mol. The highest BCUT2D eigenvalue weighted by atomic mass is 16.5. The maximum Gasteiger partial charge on any atom is 0.123 e. The molecule has 0 spiro atoms. The van der Waals surface area contributed by atoms with Gasteiger partial charge in [0.25, 0.3) is 0 Å². The van der Waals surface area contributed by atoms with E-state index < -0.39 is 0 Å². The van der Waals surface area contributed by atoms with Gasteiger partial charge in [-0.05, 0) is 25.3 Å². The van der Waals surface area contributed by atoms with Gasteiger partial charge in [-0.2, -0.15) is 0 Å². The van der Waals surface area contributed by atoms with Crippen LogP contribution < -0.4 is 10.1 Å². The quantitative estimate of drug-likeness (QED) is 0.705. The average molecular weight is 261 g/mol. The summed E-state index contributed by atoms with van der Waals surface area (Å²) in [6.07, 6.45) is 9.08. The van der Waals surface area contributed by atoms with Crippen LogP contribution in [-0.4, -0.2) is 12.6 Å². The normalized spacial score (nSPS) is 15.8. The van der Waals surface area contributed by atoms with E-state index in [1.807, 2.05) is 0 Å². The number of hydrogen-bond donors (Lipinski definition) is 1. The number of unbranched alkanes of at least 4 members (excludes halogenated alkanes) is 2. The first kappa shape index (κ1) is 14.4. The second-order valence-electron chi connectivity index (χ2n) is 5.53. The molecule has 2 nitrogen and oxygen atoms in total. The summed E-state index contributed by atoms with van der Waals surface area (Å²) in [5.74, 6) is 1.06. The van der Waals surface area contributed by atoms with Gasteiger partial charge in [0.1, 0.15) is 5.75 Å². The predicted octanol–water partition coefficient (Wildman–Crippen LogP) is 4.29. The fraction of sp³-hybridized carbons (Fsp3) is 0.647. The third-order valence-corrected chi connectivity index (χ3v) is 3.91. The van der Waals surface area contributed by atoms with E-state index in [2.05, 4.69) is 36.5 Å². The predicted molar refractivity (Wildman–Crippen MR) is 80.6 cm³/mol. The van der Waals surface area contributed by atoms with Crippen LogP contribution in [0.3, 0.4) is 0 Å². The lowest BCUT2D eigenvalue weighted by Gasteiger charge is -2.15. The zero-order chi connectivity index (χ0) is 13.3. The van der Waals surface area contributed by atoms with Crippen molar-refractivity contribution in [1.82, 2.24) is 5.32 Å². The smallest absolute Gasteiger partial charge is 0.123 e. The Hall–Kier alpha value is -1.02. The fourth-order valence-corrected chi connectivity index (χ4v) is 2.71. The molecule has 1 aliphatic carbocycles. The zero-order valence-corrected chi connectivity index (χ0v) is 12.2. The molecule has 1 saturated carbocycles. The number of nitrogens with one attached hydrogen (secondary N) is 1. The van der Waals surface area contributed by atoms with Crippen molar-refractivity contribution in [3.63, 3.8) is 0 Å². The van der Waals surface area contributed by atoms with E-state index >= 15 is 0 Å². The fourth-order valence-electron chi connectivity index (χ4n) is 2.71. The molecule has 1 N–H and O–H groups in total. The van der Waals surface area contributed by atoms with Crippen LogP contribution in [0.15, 0.2) is 24.3 Å². The second-order valence-corrected chi connectivity index (χ2v) is 5.53. The molecule has 1 fully saturated rings. The number of benzene rings is 1. The lowest BCUT2D eigenvalue weighted by Crippen LogP contribution is -2.25. The molecule has 0 bridgehead atoms. The van der Waals surface area contributed by atoms with E-state index in [4.69, 9.17) is 4.74 Å². The van der Waals surface area contributed by atoms with Crippen molar-refractivity contribution in [2.75, 3.05) is 6.61 Å². The third-order valence-electron chi connectivity index (χ3n) is 3.91. The van der Waals surface area contributed by atoms with Gasteiger partial charge in [0, 0.05) is 18.2 Å². The maximum absolute atomic E-state index is 5.91. The van der Waals surface area contributed by atoms with Crippen LogP contribution in [-0.2, 0) is 6.54 Å². The largest absolute Gasteiger partial charge is 0.493 e. The summed E-state index contributed by atoms with van der Waals surface area (Å²) < 4.78 is 5.91. The number of ether oxygens (including phenoxy) is 1. The van der Waals surface area contributed by atoms with Gasteiger partial charge < -0.3 is 10.1 Å². The van der Waals surface area contributed by atoms with E-state index in [1.54, 1.807) is 0 Å². The minimum Gasteiger partial charge on any atom is -0.493 e. The molecule has 1 aliphatic rings. The SMILES string of the molecule is CCCCCOc1ccccc1CNC1CCCC1. The van der Waals surface area contributed by atoms with Gasteiger partial charge in [0.05, 0.1) is 6.61 Å². The molecule has 19 heavy (non-hydrogen) atoms. The molecule has 0 radical (unpaired) electrons. The standard InChI is InChI=1S/C17H27NO/c1-2-3-8-13-19-17-12-7-4-9-15(17)14-18-16-10-5-6-11-16/h4,7,9,12,16,18H,2-3,5-6,8,10-11,13-14H2,1H3. The van der Waals surface area contributed by atoms with Crippen LogP contribution in [0.25, 0.3) is 0 Å². The van der Waals surface area contributed by atoms with Crippen molar-refractivity contribution in [3.05, 3.63) is 29.8 Å². The molecule has 2 heteroatoms. The Morgan fingerprint density at radius 2 is 1.95 bits per heavy atom. The first-order chi connectivity index (χ1) is 9.40. The van der Waals surface area contributed by atoms with E-state index in [9.17, 15) is 0 Å². The molecule has 106 valence electrons. The Morgan fingerprint density at radius 1 is 1.16 bits per heavy atom. The zero-order valence-electron chi connectivity index (χ0n) is 12.2. The number of para-hydroxylation sites is 1. The molecule has 0 saturated heterocycles. The topological polar surface area (TPSA) is 21.3 Å². The molecule has 0 amide bonds. The summed E-state index contributed by atoms with van der Waals surface area (Å²) in [4.78, 5) is 0. The van der Waals surface area contributed by atoms with Crippen molar-refractivity contribution >= 4 is 0 Å². The summed E-state index contributed by atoms with van der Waals surface area (Å²) in [7, 11) is 0. The molecule has 1 aromatic carbocycles. The summed E-state index contributed by atoms with van der Waals surface area (Å²) >= 11 is 0. The molecule has 0 atom stereocenters. The summed E-state index contributed by atoms with van der Waals surface area (Å²) in [5, 5.41) is 3.66. The molecule has 0 aromatic heterocycles. The van der Waals surface area contributed by atoms with Gasteiger partial charge >= 0.3 is 0 Å². The van der Waals surface area contributed by atoms with Crippen molar-refractivity contribution in [1.29, 1.82) is 0 Å². The van der Waals surface area contributed by atoms with Crippen LogP contribution in [0, 0.1) is 0 Å². The van der Waals surface area contributed by atoms with Crippen molar-refractivity contribution < 1.29 is 4.74 Å². The van der Waals surface area contributed by atoms with Gasteiger partial charge in [-0.3, -0.25) is 0 Å². The molecule has 0 heterocycles. The average Bonchev–Trinajstić information content (AvgIpc) is 2.96. The summed E-state index contributed by atoms with van der Waals surface area (Å²) in [6.45, 7) is 4.00. The number of hydrogen-bond acceptors (Lipinski definition) is 2. The van der Waals surface area contributed by atoms with E-state index in [0.717, 1.165) is 25.3 Å². The second kappa shape index (κ2) is 8.21. The van der Waals surface area contributed by atoms with E-state index in [0.29, 0.717) is 6.04 Å². The molecule has 1 aromatic rings. The third kappa shape index (κ3) is 4.87. The highest BCUT2D eigenvalue weighted by molar-refractivity contribution is 5.33. The van der Waals surface area contributed by atoms with Gasteiger partial charge in [-0.15, -0.1) is 0 Å². The van der Waals surface area contributed by atoms with Crippen molar-refractivity contribution in [3.8, 4) is 5.75 Å². The van der Waals surface area contributed by atoms with Crippen molar-refractivity contribution in [2.45, 2.75) is 64.5 Å². The summed E-state index contributed by atoms with van der Waals surface area (Å²) in [6, 6.07) is 9.15. The monoisotopic (exact) mass is 261 g/mol. The van der Waals surface area contributed by atoms with Crippen LogP contribution in [0.5, 0.6) is 5.75 Å². The first-order valence-corrected chi connectivity index (χ1v) is 7.84. The van der Waals surface area contributed by atoms with Gasteiger partial charge in [0.15, 0.2) is 0 Å². The molecular formula is C17H27NO. The van der Waals surface area contributed by atoms with Crippen molar-refractivity contribution in [2.24, 2.45) is 0 Å². The highest BCUT2D eigenvalue weighted by Gasteiger charge is 2.14. The first-order valence-electron chi connectivity index (χ1n) is 7.84. The Labute approximate surface area is 117 Å². The number of rotatable bonds is 8. The molecule has 0 unspecified atom stereocenters.